The Balaban J connectivity index is 1.40. The summed E-state index contributed by atoms with van der Waals surface area (Å²) in [5.74, 6) is 1.03. The molecule has 1 amide bonds. The summed E-state index contributed by atoms with van der Waals surface area (Å²) in [5, 5.41) is 2.85. The molecule has 0 fully saturated rings. The number of fused-ring (bicyclic) bond motifs is 1. The van der Waals surface area contributed by atoms with Crippen molar-refractivity contribution < 1.29 is 28.0 Å². The van der Waals surface area contributed by atoms with Crippen LogP contribution in [0.1, 0.15) is 40.7 Å². The summed E-state index contributed by atoms with van der Waals surface area (Å²) < 4.78 is 33.9. The third-order valence-electron chi connectivity index (χ3n) is 5.85. The molecule has 1 aliphatic heterocycles. The number of benzene rings is 3. The van der Waals surface area contributed by atoms with Crippen molar-refractivity contribution in [2.75, 3.05) is 26.1 Å². The maximum atomic E-state index is 13.3. The number of nitrogens with one attached hydrogen (secondary N) is 1. The van der Waals surface area contributed by atoms with Crippen molar-refractivity contribution in [3.63, 3.8) is 0 Å². The normalized spacial score (nSPS) is 13.5. The van der Waals surface area contributed by atoms with Gasteiger partial charge in [0, 0.05) is 23.9 Å². The van der Waals surface area contributed by atoms with Gasteiger partial charge in [0.25, 0.3) is 0 Å². The highest BCUT2D eigenvalue weighted by Gasteiger charge is 2.25. The molecule has 8 nitrogen and oxygen atoms in total. The number of rotatable bonds is 11. The Morgan fingerprint density at radius 2 is 1.86 bits per heavy atom. The van der Waals surface area contributed by atoms with E-state index in [0.717, 1.165) is 17.0 Å². The first-order chi connectivity index (χ1) is 18.0. The van der Waals surface area contributed by atoms with E-state index in [4.69, 9.17) is 14.2 Å². The summed E-state index contributed by atoms with van der Waals surface area (Å²) in [6.45, 7) is 0.456. The lowest BCUT2D eigenvalue weighted by atomic mass is 10.0. The minimum absolute atomic E-state index is 0.0301. The number of aryl methyl sites for hydroxylation is 1. The average molecular weight is 521 g/mol. The topological polar surface area (TPSA) is 103 Å². The molecule has 0 radical (unpaired) electrons. The van der Waals surface area contributed by atoms with Gasteiger partial charge in [0.05, 0.1) is 31.3 Å². The first-order valence-electron chi connectivity index (χ1n) is 11.9. The van der Waals surface area contributed by atoms with Gasteiger partial charge in [0.2, 0.25) is 5.91 Å². The first kappa shape index (κ1) is 26.1. The summed E-state index contributed by atoms with van der Waals surface area (Å²) in [6.07, 6.45) is 3.96. The van der Waals surface area contributed by atoms with Gasteiger partial charge in [0.1, 0.15) is 5.75 Å². The minimum Gasteiger partial charge on any atom is -0.494 e. The Labute approximate surface area is 218 Å². The lowest BCUT2D eigenvalue weighted by molar-refractivity contribution is -0.116. The predicted molar refractivity (Wildman–Crippen MR) is 142 cm³/mol. The zero-order valence-corrected chi connectivity index (χ0v) is 21.5. The van der Waals surface area contributed by atoms with Crippen LogP contribution in [-0.2, 0) is 22.2 Å². The van der Waals surface area contributed by atoms with E-state index in [1.54, 1.807) is 42.6 Å². The molecule has 0 aliphatic carbocycles. The number of unbranched alkanes of at least 4 members (excludes halogenated alkanes) is 1. The second kappa shape index (κ2) is 12.3. The monoisotopic (exact) mass is 520 g/mol. The number of amides is 1. The van der Waals surface area contributed by atoms with Crippen molar-refractivity contribution in [1.29, 1.82) is 0 Å². The van der Waals surface area contributed by atoms with Gasteiger partial charge in [-0.3, -0.25) is 9.59 Å². The zero-order chi connectivity index (χ0) is 26.2. The summed E-state index contributed by atoms with van der Waals surface area (Å²) in [4.78, 5) is 25.1. The fourth-order valence-corrected chi connectivity index (χ4v) is 4.89. The van der Waals surface area contributed by atoms with Crippen molar-refractivity contribution in [3.05, 3.63) is 77.4 Å². The molecule has 9 heteroatoms. The van der Waals surface area contributed by atoms with E-state index in [0.29, 0.717) is 43.6 Å². The number of hydrogen-bond donors (Lipinski definition) is 1. The van der Waals surface area contributed by atoms with Crippen LogP contribution in [0, 0.1) is 0 Å². The molecule has 3 aromatic rings. The predicted octanol–water partition coefficient (Wildman–Crippen LogP) is 4.77. The van der Waals surface area contributed by atoms with Gasteiger partial charge in [-0.15, -0.1) is 0 Å². The van der Waals surface area contributed by atoms with Crippen LogP contribution < -0.4 is 19.5 Å². The molecule has 1 unspecified atom stereocenters. The second-order valence-corrected chi connectivity index (χ2v) is 9.41. The molecule has 0 spiro atoms. The number of carbonyl (C=O) groups is 2. The average Bonchev–Trinajstić information content (AvgIpc) is 2.93. The summed E-state index contributed by atoms with van der Waals surface area (Å²) in [6, 6.07) is 17.5. The van der Waals surface area contributed by atoms with Gasteiger partial charge < -0.3 is 19.5 Å². The summed E-state index contributed by atoms with van der Waals surface area (Å²) >= 11 is 0. The number of carbonyl (C=O) groups excluding carboxylic acids is 2. The molecule has 0 bridgehead atoms. The third kappa shape index (κ3) is 6.24. The third-order valence-corrected chi connectivity index (χ3v) is 6.90. The molecule has 1 atom stereocenters. The molecule has 37 heavy (non-hydrogen) atoms. The fraction of sp³-hybridized carbons (Fsp3) is 0.250. The van der Waals surface area contributed by atoms with Crippen LogP contribution in [0.3, 0.4) is 0 Å². The number of ketones is 1. The molecule has 0 saturated heterocycles. The lowest BCUT2D eigenvalue weighted by Gasteiger charge is -2.17. The van der Waals surface area contributed by atoms with Crippen LogP contribution >= 0.6 is 0 Å². The zero-order valence-electron chi connectivity index (χ0n) is 20.7. The maximum Gasteiger partial charge on any atom is 0.224 e. The molecule has 4 rings (SSSR count). The highest BCUT2D eigenvalue weighted by Crippen LogP contribution is 2.36. The van der Waals surface area contributed by atoms with E-state index in [2.05, 4.69) is 9.71 Å². The smallest absolute Gasteiger partial charge is 0.224 e. The molecule has 1 N–H and O–H groups in total. The van der Waals surface area contributed by atoms with Crippen LogP contribution in [0.2, 0.25) is 0 Å². The number of methoxy groups -OCH3 is 2. The van der Waals surface area contributed by atoms with Gasteiger partial charge in [-0.05, 0) is 55.2 Å². The highest BCUT2D eigenvalue weighted by molar-refractivity contribution is 7.84. The quantitative estimate of drug-likeness (QED) is 0.222. The number of hydrogen-bond acceptors (Lipinski definition) is 6. The van der Waals surface area contributed by atoms with Crippen LogP contribution in [0.25, 0.3) is 0 Å². The van der Waals surface area contributed by atoms with Crippen molar-refractivity contribution in [2.45, 2.75) is 30.6 Å². The number of anilines is 1. The molecule has 0 aromatic heterocycles. The molecule has 192 valence electrons. The standard InChI is InChI=1S/C28H28N2O6S/c1-34-23-13-14-24(26(28(23)35-2)27(32)19-8-4-3-5-9-19)37(33)29-16-6-7-17-36-21-11-12-22-20(18-21)10-15-25(31)30-22/h3-5,8-9,11-14,16,18H,6-7,10,15,17H2,1-2H3,(H,30,31)/b29-16+. The Morgan fingerprint density at radius 1 is 1.05 bits per heavy atom. The molecular weight excluding hydrogens is 492 g/mol. The van der Waals surface area contributed by atoms with E-state index in [1.807, 2.05) is 24.3 Å². The Morgan fingerprint density at radius 3 is 2.62 bits per heavy atom. The Hall–Kier alpha value is -3.98. The highest BCUT2D eigenvalue weighted by atomic mass is 32.2. The number of nitrogens with zero attached hydrogens (tertiary/aromatic N) is 1. The Kier molecular flexibility index (Phi) is 8.68. The van der Waals surface area contributed by atoms with Gasteiger partial charge in [-0.2, -0.15) is 4.40 Å². The summed E-state index contributed by atoms with van der Waals surface area (Å²) in [5.41, 5.74) is 2.50. The molecule has 1 aliphatic rings. The van der Waals surface area contributed by atoms with Gasteiger partial charge in [0.15, 0.2) is 28.3 Å². The Bertz CT molecular complexity index is 1340. The van der Waals surface area contributed by atoms with Crippen molar-refractivity contribution in [1.82, 2.24) is 0 Å². The van der Waals surface area contributed by atoms with E-state index in [-0.39, 0.29) is 27.9 Å². The second-order valence-electron chi connectivity index (χ2n) is 8.26. The molecular formula is C28H28N2O6S. The van der Waals surface area contributed by atoms with E-state index in [9.17, 15) is 13.8 Å². The maximum absolute atomic E-state index is 13.3. The van der Waals surface area contributed by atoms with Gasteiger partial charge >= 0.3 is 0 Å². The first-order valence-corrected chi connectivity index (χ1v) is 13.0. The van der Waals surface area contributed by atoms with Crippen LogP contribution in [0.4, 0.5) is 5.69 Å². The van der Waals surface area contributed by atoms with E-state index < -0.39 is 11.0 Å². The van der Waals surface area contributed by atoms with Crippen LogP contribution in [-0.4, -0.2) is 42.9 Å². The lowest BCUT2D eigenvalue weighted by Crippen LogP contribution is -2.18. The molecule has 0 saturated carbocycles. The van der Waals surface area contributed by atoms with E-state index in [1.165, 1.54) is 14.2 Å². The summed E-state index contributed by atoms with van der Waals surface area (Å²) in [7, 11) is 1.10. The molecule has 1 heterocycles. The van der Waals surface area contributed by atoms with Gasteiger partial charge in [-0.1, -0.05) is 30.3 Å². The van der Waals surface area contributed by atoms with Crippen LogP contribution in [0.5, 0.6) is 17.2 Å². The number of ether oxygens (including phenoxy) is 3. The largest absolute Gasteiger partial charge is 0.494 e. The van der Waals surface area contributed by atoms with Crippen LogP contribution in [0.15, 0.2) is 70.0 Å². The van der Waals surface area contributed by atoms with E-state index >= 15 is 0 Å². The molecule has 3 aromatic carbocycles. The van der Waals surface area contributed by atoms with Crippen molar-refractivity contribution >= 4 is 34.6 Å². The van der Waals surface area contributed by atoms with Crippen molar-refractivity contribution in [2.24, 2.45) is 4.40 Å². The SMILES string of the molecule is COc1ccc(S(=O)/N=C/CCCOc2ccc3c(c2)CCC(=O)N3)c(C(=O)c2ccccc2)c1OC. The minimum atomic E-state index is -1.82. The van der Waals surface area contributed by atoms with Crippen molar-refractivity contribution in [3.8, 4) is 17.2 Å². The van der Waals surface area contributed by atoms with Gasteiger partial charge in [-0.25, -0.2) is 4.21 Å². The fourth-order valence-electron chi connectivity index (χ4n) is 3.99.